The van der Waals surface area contributed by atoms with E-state index in [0.29, 0.717) is 24.0 Å². The van der Waals surface area contributed by atoms with Crippen molar-refractivity contribution >= 4 is 11.9 Å². The van der Waals surface area contributed by atoms with Gasteiger partial charge in [-0.25, -0.2) is 9.59 Å². The van der Waals surface area contributed by atoms with Crippen LogP contribution in [0.1, 0.15) is 51.1 Å². The van der Waals surface area contributed by atoms with E-state index in [4.69, 9.17) is 19.6 Å². The molecule has 0 saturated carbocycles. The van der Waals surface area contributed by atoms with Gasteiger partial charge in [-0.1, -0.05) is 48.7 Å². The Balaban J connectivity index is 1.90. The maximum absolute atomic E-state index is 12.0. The van der Waals surface area contributed by atoms with Gasteiger partial charge in [-0.05, 0) is 44.5 Å². The first-order valence-corrected chi connectivity index (χ1v) is 8.55. The Morgan fingerprint density at radius 1 is 0.815 bits per heavy atom. The van der Waals surface area contributed by atoms with E-state index in [0.717, 1.165) is 11.1 Å². The van der Waals surface area contributed by atoms with Crippen LogP contribution in [-0.4, -0.2) is 11.9 Å². The lowest BCUT2D eigenvalue weighted by atomic mass is 10.1. The lowest BCUT2D eigenvalue weighted by Gasteiger charge is -2.13. The summed E-state index contributed by atoms with van der Waals surface area (Å²) < 4.78 is 0. The summed E-state index contributed by atoms with van der Waals surface area (Å²) in [7, 11) is 0. The van der Waals surface area contributed by atoms with E-state index in [1.807, 2.05) is 26.0 Å². The Bertz CT molecular complexity index is 709. The van der Waals surface area contributed by atoms with E-state index in [1.165, 1.54) is 0 Å². The molecule has 2 aromatic carbocycles. The molecule has 142 valence electrons. The molecule has 0 fully saturated rings. The molecule has 27 heavy (non-hydrogen) atoms. The number of rotatable bonds is 9. The van der Waals surface area contributed by atoms with Crippen LogP contribution < -0.4 is 0 Å². The molecule has 0 bridgehead atoms. The molecule has 0 saturated heterocycles. The van der Waals surface area contributed by atoms with E-state index in [9.17, 15) is 9.59 Å². The van der Waals surface area contributed by atoms with Gasteiger partial charge in [0.15, 0.2) is 0 Å². The van der Waals surface area contributed by atoms with Crippen LogP contribution in [0.4, 0.5) is 0 Å². The van der Waals surface area contributed by atoms with Crippen LogP contribution >= 0.6 is 0 Å². The summed E-state index contributed by atoms with van der Waals surface area (Å²) in [6.07, 6.45) is 1.32. The number of hydrogen-bond donors (Lipinski definition) is 0. The molecule has 0 atom stereocenters. The summed E-state index contributed by atoms with van der Waals surface area (Å²) in [6, 6.07) is 13.7. The van der Waals surface area contributed by atoms with Gasteiger partial charge >= 0.3 is 18.2 Å². The van der Waals surface area contributed by atoms with Crippen molar-refractivity contribution in [1.82, 2.24) is 0 Å². The third-order valence-electron chi connectivity index (χ3n) is 3.56. The molecule has 6 nitrogen and oxygen atoms in total. The van der Waals surface area contributed by atoms with Crippen molar-refractivity contribution in [1.29, 1.82) is 0 Å². The Morgan fingerprint density at radius 2 is 1.30 bits per heavy atom. The summed E-state index contributed by atoms with van der Waals surface area (Å²) in [5, 5.41) is 0. The van der Waals surface area contributed by atoms with E-state index >= 15 is 0 Å². The van der Waals surface area contributed by atoms with Gasteiger partial charge in [-0.3, -0.25) is 9.78 Å². The van der Waals surface area contributed by atoms with Crippen LogP contribution in [0.3, 0.4) is 0 Å². The maximum atomic E-state index is 12.0. The minimum absolute atomic E-state index is 0.138. The minimum atomic E-state index is -0.681. The lowest BCUT2D eigenvalue weighted by molar-refractivity contribution is -0.363. The molecule has 0 aromatic heterocycles. The molecular formula is C21H22O6. The molecule has 0 aliphatic heterocycles. The molecule has 0 heterocycles. The smallest absolute Gasteiger partial charge is 0.289 e. The number of carbonyl (C=O) groups is 2. The van der Waals surface area contributed by atoms with Gasteiger partial charge < -0.3 is 0 Å². The first-order valence-electron chi connectivity index (χ1n) is 8.55. The van der Waals surface area contributed by atoms with Crippen LogP contribution in [0.2, 0.25) is 0 Å². The second kappa shape index (κ2) is 10.4. The Kier molecular flexibility index (Phi) is 7.98. The van der Waals surface area contributed by atoms with Crippen molar-refractivity contribution in [2.24, 2.45) is 0 Å². The van der Waals surface area contributed by atoms with Gasteiger partial charge in [0.25, 0.3) is 0 Å². The largest absolute Gasteiger partial charge is 0.373 e. The molecule has 0 amide bonds. The van der Waals surface area contributed by atoms with Crippen LogP contribution in [0.15, 0.2) is 48.5 Å². The zero-order chi connectivity index (χ0) is 19.6. The second-order valence-electron chi connectivity index (χ2n) is 5.98. The van der Waals surface area contributed by atoms with Gasteiger partial charge in [-0.2, -0.15) is 0 Å². The predicted octanol–water partition coefficient (Wildman–Crippen LogP) is 4.67. The first-order chi connectivity index (χ1) is 13.0. The zero-order valence-electron chi connectivity index (χ0n) is 15.4. The van der Waals surface area contributed by atoms with Crippen molar-refractivity contribution in [2.75, 3.05) is 0 Å². The van der Waals surface area contributed by atoms with Gasteiger partial charge in [0.2, 0.25) is 0 Å². The molecule has 2 radical (unpaired) electrons. The van der Waals surface area contributed by atoms with Crippen LogP contribution in [0.25, 0.3) is 0 Å². The third-order valence-corrected chi connectivity index (χ3v) is 3.56. The van der Waals surface area contributed by atoms with Gasteiger partial charge in [0, 0.05) is 6.42 Å². The normalized spacial score (nSPS) is 10.7. The van der Waals surface area contributed by atoms with Crippen LogP contribution in [0.5, 0.6) is 0 Å². The Morgan fingerprint density at radius 3 is 1.70 bits per heavy atom. The third kappa shape index (κ3) is 6.84. The molecule has 2 aromatic rings. The summed E-state index contributed by atoms with van der Waals surface area (Å²) in [4.78, 5) is 43.5. The van der Waals surface area contributed by atoms with E-state index in [-0.39, 0.29) is 12.7 Å². The topological polar surface area (TPSA) is 71.1 Å². The molecule has 0 N–H and O–H groups in total. The highest BCUT2D eigenvalue weighted by atomic mass is 17.3. The summed E-state index contributed by atoms with van der Waals surface area (Å²) in [5.74, 6) is -1.36. The fourth-order valence-electron chi connectivity index (χ4n) is 2.18. The number of aryl methyl sites for hydroxylation is 2. The van der Waals surface area contributed by atoms with Gasteiger partial charge in [0.05, 0.1) is 11.1 Å². The minimum Gasteiger partial charge on any atom is -0.289 e. The SMILES string of the molecule is [CH2]CCC[C](OOC(=O)c1cccc(C)c1)OOC(=O)c1cccc(C)c1. The number of benzene rings is 2. The van der Waals surface area contributed by atoms with E-state index < -0.39 is 11.9 Å². The summed E-state index contributed by atoms with van der Waals surface area (Å²) in [6.45, 7) is 7.44. The highest BCUT2D eigenvalue weighted by Gasteiger charge is 2.21. The number of hydrogen-bond acceptors (Lipinski definition) is 6. The number of unbranched alkanes of at least 4 members (excludes halogenated alkanes) is 1. The van der Waals surface area contributed by atoms with Crippen molar-refractivity contribution in [3.05, 3.63) is 84.0 Å². The molecular weight excluding hydrogens is 348 g/mol. The fraction of sp³-hybridized carbons (Fsp3) is 0.238. The average molecular weight is 370 g/mol. The van der Waals surface area contributed by atoms with Crippen molar-refractivity contribution < 1.29 is 29.1 Å². The highest BCUT2D eigenvalue weighted by Crippen LogP contribution is 2.18. The predicted molar refractivity (Wildman–Crippen MR) is 97.8 cm³/mol. The molecule has 2 rings (SSSR count). The van der Waals surface area contributed by atoms with Gasteiger partial charge in [0.1, 0.15) is 0 Å². The quantitative estimate of drug-likeness (QED) is 0.472. The van der Waals surface area contributed by atoms with Crippen molar-refractivity contribution in [3.8, 4) is 0 Å². The maximum Gasteiger partial charge on any atom is 0.373 e. The van der Waals surface area contributed by atoms with Crippen molar-refractivity contribution in [2.45, 2.75) is 33.1 Å². The van der Waals surface area contributed by atoms with Crippen molar-refractivity contribution in [3.63, 3.8) is 0 Å². The monoisotopic (exact) mass is 370 g/mol. The fourth-order valence-corrected chi connectivity index (χ4v) is 2.18. The number of carbonyl (C=O) groups excluding carboxylic acids is 2. The molecule has 6 heteroatoms. The first kappa shape index (κ1) is 20.6. The van der Waals surface area contributed by atoms with Crippen LogP contribution in [0, 0.1) is 27.1 Å². The highest BCUT2D eigenvalue weighted by molar-refractivity contribution is 5.89. The summed E-state index contributed by atoms with van der Waals surface area (Å²) in [5.41, 5.74) is 2.50. The van der Waals surface area contributed by atoms with Crippen LogP contribution in [-0.2, 0) is 19.6 Å². The Labute approximate surface area is 158 Å². The lowest BCUT2D eigenvalue weighted by Crippen LogP contribution is -2.16. The van der Waals surface area contributed by atoms with E-state index in [2.05, 4.69) is 6.92 Å². The summed E-state index contributed by atoms with van der Waals surface area (Å²) >= 11 is 0. The van der Waals surface area contributed by atoms with Gasteiger partial charge in [-0.15, -0.1) is 9.78 Å². The van der Waals surface area contributed by atoms with E-state index in [1.54, 1.807) is 36.4 Å². The Hall–Kier alpha value is -2.70. The molecule has 0 aliphatic rings. The second-order valence-corrected chi connectivity index (χ2v) is 5.98. The molecule has 0 unspecified atom stereocenters. The zero-order valence-corrected chi connectivity index (χ0v) is 15.4. The average Bonchev–Trinajstić information content (AvgIpc) is 2.66. The molecule has 0 spiro atoms. The molecule has 0 aliphatic carbocycles. The standard InChI is InChI=1S/C21H22O6/c1-4-5-12-19(24-26-20(22)17-10-6-8-15(2)13-17)25-27-21(23)18-11-7-9-16(3)14-18/h6-11,13-14H,1,4-5,12H2,2-3H3.